The fraction of sp³-hybridized carbons (Fsp3) is 0.444. The van der Waals surface area contributed by atoms with Crippen LogP contribution >= 0.6 is 0 Å². The Morgan fingerprint density at radius 3 is 2.81 bits per heavy atom. The Morgan fingerprint density at radius 1 is 1.27 bits per heavy atom. The molecular weight excluding hydrogens is 354 g/mol. The van der Waals surface area contributed by atoms with Crippen LogP contribution in [-0.4, -0.2) is 42.6 Å². The lowest BCUT2D eigenvalue weighted by Gasteiger charge is -2.25. The summed E-state index contributed by atoms with van der Waals surface area (Å²) in [5, 5.41) is 3.81. The monoisotopic (exact) mass is 375 g/mol. The molecule has 1 aromatic heterocycles. The van der Waals surface area contributed by atoms with Gasteiger partial charge in [-0.25, -0.2) is 8.42 Å². The van der Waals surface area contributed by atoms with E-state index in [1.807, 2.05) is 24.3 Å². The third-order valence-corrected chi connectivity index (χ3v) is 7.04. The quantitative estimate of drug-likeness (QED) is 0.816. The molecule has 0 saturated carbocycles. The van der Waals surface area contributed by atoms with Crippen molar-refractivity contribution in [2.75, 3.05) is 13.7 Å². The second kappa shape index (κ2) is 6.61. The number of aromatic nitrogens is 2. The van der Waals surface area contributed by atoms with Gasteiger partial charge in [0.25, 0.3) is 0 Å². The highest BCUT2D eigenvalue weighted by Gasteiger charge is 2.44. The molecule has 1 aliphatic carbocycles. The predicted octanol–water partition coefficient (Wildman–Crippen LogP) is 2.46. The van der Waals surface area contributed by atoms with E-state index in [1.54, 1.807) is 20.1 Å². The average Bonchev–Trinajstić information content (AvgIpc) is 3.27. The minimum absolute atomic E-state index is 0.196. The van der Waals surface area contributed by atoms with Crippen LogP contribution in [0.1, 0.15) is 41.7 Å². The molecule has 4 rings (SSSR count). The molecule has 1 saturated heterocycles. The lowest BCUT2D eigenvalue weighted by molar-refractivity contribution is 0.114. The molecule has 26 heavy (non-hydrogen) atoms. The van der Waals surface area contributed by atoms with Gasteiger partial charge in [0.1, 0.15) is 6.04 Å². The number of ether oxygens (including phenoxy) is 1. The Bertz CT molecular complexity index is 951. The molecule has 0 spiro atoms. The number of benzene rings is 1. The van der Waals surface area contributed by atoms with E-state index in [9.17, 15) is 8.42 Å². The molecule has 0 unspecified atom stereocenters. The Labute approximate surface area is 152 Å². The fourth-order valence-electron chi connectivity index (χ4n) is 3.64. The van der Waals surface area contributed by atoms with Crippen LogP contribution in [0.3, 0.4) is 0 Å². The fourth-order valence-corrected chi connectivity index (χ4v) is 5.45. The molecule has 2 heterocycles. The smallest absolute Gasteiger partial charge is 0.245 e. The predicted molar refractivity (Wildman–Crippen MR) is 95.6 cm³/mol. The first kappa shape index (κ1) is 17.4. The van der Waals surface area contributed by atoms with E-state index < -0.39 is 16.1 Å². The number of sulfonamides is 1. The van der Waals surface area contributed by atoms with Gasteiger partial charge in [-0.05, 0) is 37.0 Å². The van der Waals surface area contributed by atoms with Gasteiger partial charge >= 0.3 is 0 Å². The van der Waals surface area contributed by atoms with Crippen LogP contribution in [0.15, 0.2) is 33.7 Å². The van der Waals surface area contributed by atoms with Crippen molar-refractivity contribution in [1.29, 1.82) is 0 Å². The Balaban J connectivity index is 1.71. The molecule has 8 heteroatoms. The molecule has 2 aromatic rings. The first-order valence-corrected chi connectivity index (χ1v) is 10.1. The lowest BCUT2D eigenvalue weighted by atomic mass is 9.98. The summed E-state index contributed by atoms with van der Waals surface area (Å²) in [5.41, 5.74) is 2.14. The van der Waals surface area contributed by atoms with E-state index in [0.29, 0.717) is 35.9 Å². The number of allylic oxidation sites excluding steroid dienone is 1. The Morgan fingerprint density at radius 2 is 2.08 bits per heavy atom. The summed E-state index contributed by atoms with van der Waals surface area (Å²) in [6.45, 7) is 2.00. The number of fused-ring (bicyclic) bond motifs is 1. The Hall–Kier alpha value is -2.03. The zero-order valence-corrected chi connectivity index (χ0v) is 15.6. The van der Waals surface area contributed by atoms with Crippen LogP contribution in [-0.2, 0) is 21.2 Å². The zero-order valence-electron chi connectivity index (χ0n) is 14.8. The van der Waals surface area contributed by atoms with Crippen LogP contribution in [0.5, 0.6) is 0 Å². The van der Waals surface area contributed by atoms with E-state index in [4.69, 9.17) is 9.26 Å². The van der Waals surface area contributed by atoms with Crippen molar-refractivity contribution in [3.05, 3.63) is 52.0 Å². The molecule has 7 nitrogen and oxygen atoms in total. The van der Waals surface area contributed by atoms with E-state index in [1.165, 1.54) is 9.87 Å². The second-order valence-electron chi connectivity index (χ2n) is 6.67. The molecule has 2 aliphatic rings. The molecule has 1 aliphatic heterocycles. The van der Waals surface area contributed by atoms with Crippen molar-refractivity contribution in [2.45, 2.75) is 38.3 Å². The Kier molecular flexibility index (Phi) is 4.42. The van der Waals surface area contributed by atoms with Crippen molar-refractivity contribution in [3.63, 3.8) is 0 Å². The van der Waals surface area contributed by atoms with Gasteiger partial charge < -0.3 is 9.26 Å². The first-order chi connectivity index (χ1) is 12.5. The molecule has 1 aromatic carbocycles. The maximum absolute atomic E-state index is 13.4. The third-order valence-electron chi connectivity index (χ3n) is 5.03. The summed E-state index contributed by atoms with van der Waals surface area (Å²) < 4.78 is 38.9. The summed E-state index contributed by atoms with van der Waals surface area (Å²) in [6, 6.07) is 7.39. The molecule has 2 atom stereocenters. The molecule has 0 amide bonds. The number of hydrogen-bond acceptors (Lipinski definition) is 6. The highest BCUT2D eigenvalue weighted by Crippen LogP contribution is 2.39. The van der Waals surface area contributed by atoms with Gasteiger partial charge in [0.2, 0.25) is 15.9 Å². The van der Waals surface area contributed by atoms with Gasteiger partial charge in [0, 0.05) is 20.1 Å². The maximum Gasteiger partial charge on any atom is 0.245 e. The zero-order chi connectivity index (χ0) is 18.3. The van der Waals surface area contributed by atoms with Crippen LogP contribution in [0.2, 0.25) is 0 Å². The van der Waals surface area contributed by atoms with Crippen molar-refractivity contribution >= 4 is 16.1 Å². The van der Waals surface area contributed by atoms with Gasteiger partial charge in [-0.1, -0.05) is 29.4 Å². The highest BCUT2D eigenvalue weighted by atomic mass is 32.2. The number of rotatable bonds is 4. The van der Waals surface area contributed by atoms with Gasteiger partial charge in [-0.2, -0.15) is 9.29 Å². The number of hydrogen-bond donors (Lipinski definition) is 0. The number of nitrogens with zero attached hydrogens (tertiary/aromatic N) is 3. The summed E-state index contributed by atoms with van der Waals surface area (Å²) in [7, 11) is -2.06. The molecule has 0 radical (unpaired) electrons. The van der Waals surface area contributed by atoms with Gasteiger partial charge in [-0.15, -0.1) is 0 Å². The molecule has 1 fully saturated rings. The van der Waals surface area contributed by atoms with Crippen molar-refractivity contribution in [3.8, 4) is 0 Å². The molecule has 138 valence electrons. The van der Waals surface area contributed by atoms with Crippen LogP contribution < -0.4 is 0 Å². The van der Waals surface area contributed by atoms with E-state index in [2.05, 4.69) is 10.1 Å². The van der Waals surface area contributed by atoms with Gasteiger partial charge in [-0.3, -0.25) is 0 Å². The van der Waals surface area contributed by atoms with Crippen LogP contribution in [0.25, 0.3) is 6.08 Å². The molecule has 0 bridgehead atoms. The average molecular weight is 375 g/mol. The maximum atomic E-state index is 13.4. The van der Waals surface area contributed by atoms with E-state index >= 15 is 0 Å². The van der Waals surface area contributed by atoms with E-state index in [-0.39, 0.29) is 12.6 Å². The van der Waals surface area contributed by atoms with Crippen molar-refractivity contribution in [1.82, 2.24) is 14.4 Å². The topological polar surface area (TPSA) is 85.5 Å². The summed E-state index contributed by atoms with van der Waals surface area (Å²) >= 11 is 0. The lowest BCUT2D eigenvalue weighted by Crippen LogP contribution is -2.33. The summed E-state index contributed by atoms with van der Waals surface area (Å²) in [4.78, 5) is 4.67. The molecular formula is C18H21N3O4S. The standard InChI is InChI=1S/C18H21N3O4S/c1-12-19-18(25-20-12)17-10-15(24-2)11-21(17)26(22,23)16-8-7-13-5-3-4-6-14(13)9-16/h3-6,9,15,17H,7-8,10-11H2,1-2H3/t15-,17+/m0/s1. The highest BCUT2D eigenvalue weighted by molar-refractivity contribution is 7.93. The summed E-state index contributed by atoms with van der Waals surface area (Å²) in [5.74, 6) is 0.812. The third kappa shape index (κ3) is 2.98. The van der Waals surface area contributed by atoms with Crippen LogP contribution in [0, 0.1) is 6.92 Å². The first-order valence-electron chi connectivity index (χ1n) is 8.62. The largest absolute Gasteiger partial charge is 0.380 e. The van der Waals surface area contributed by atoms with Crippen LogP contribution in [0.4, 0.5) is 0 Å². The van der Waals surface area contributed by atoms with Crippen molar-refractivity contribution < 1.29 is 17.7 Å². The molecule has 0 N–H and O–H groups in total. The second-order valence-corrected chi connectivity index (χ2v) is 8.62. The SMILES string of the molecule is CO[C@H]1C[C@H](c2nc(C)no2)N(S(=O)(=O)C2=Cc3ccccc3CC2)C1. The number of methoxy groups -OCH3 is 1. The van der Waals surface area contributed by atoms with Gasteiger partial charge in [0.05, 0.1) is 11.0 Å². The van der Waals surface area contributed by atoms with Gasteiger partial charge in [0.15, 0.2) is 5.82 Å². The minimum Gasteiger partial charge on any atom is -0.380 e. The van der Waals surface area contributed by atoms with E-state index in [0.717, 1.165) is 5.56 Å². The minimum atomic E-state index is -3.65. The van der Waals surface area contributed by atoms with Crippen molar-refractivity contribution in [2.24, 2.45) is 0 Å². The normalized spacial score (nSPS) is 23.7. The number of aryl methyl sites for hydroxylation is 2. The summed E-state index contributed by atoms with van der Waals surface area (Å²) in [6.07, 6.45) is 3.29.